The van der Waals surface area contributed by atoms with Gasteiger partial charge in [-0.2, -0.15) is 0 Å². The van der Waals surface area contributed by atoms with Crippen molar-refractivity contribution in [2.45, 2.75) is 25.7 Å². The standard InChI is InChI=1S/C12H15BrF3NO2/c1-8(17)6-9-7-10(2-3-11(9)13)18-4-5-19-12(14,15)16/h2-3,7-8H,4-6,17H2,1H3. The van der Waals surface area contributed by atoms with Crippen LogP contribution in [0.4, 0.5) is 13.2 Å². The monoisotopic (exact) mass is 341 g/mol. The van der Waals surface area contributed by atoms with Crippen molar-refractivity contribution < 1.29 is 22.6 Å². The molecule has 19 heavy (non-hydrogen) atoms. The van der Waals surface area contributed by atoms with Crippen LogP contribution in [0.3, 0.4) is 0 Å². The van der Waals surface area contributed by atoms with Crippen molar-refractivity contribution in [3.05, 3.63) is 28.2 Å². The first-order chi connectivity index (χ1) is 8.78. The summed E-state index contributed by atoms with van der Waals surface area (Å²) in [5.41, 5.74) is 6.65. The minimum atomic E-state index is -4.62. The number of hydrogen-bond acceptors (Lipinski definition) is 3. The average Bonchev–Trinajstić information content (AvgIpc) is 2.26. The Morgan fingerprint density at radius 2 is 2.00 bits per heavy atom. The van der Waals surface area contributed by atoms with Crippen molar-refractivity contribution in [3.8, 4) is 5.75 Å². The molecule has 7 heteroatoms. The third-order valence-electron chi connectivity index (χ3n) is 2.18. The lowest BCUT2D eigenvalue weighted by Crippen LogP contribution is -2.19. The molecule has 0 aliphatic carbocycles. The predicted molar refractivity (Wildman–Crippen MR) is 69.0 cm³/mol. The fourth-order valence-electron chi connectivity index (χ4n) is 1.46. The van der Waals surface area contributed by atoms with Gasteiger partial charge in [0.2, 0.25) is 0 Å². The zero-order chi connectivity index (χ0) is 14.5. The first-order valence-corrected chi connectivity index (χ1v) is 6.45. The molecule has 108 valence electrons. The maximum atomic E-state index is 11.7. The van der Waals surface area contributed by atoms with Crippen molar-refractivity contribution in [2.75, 3.05) is 13.2 Å². The number of hydrogen-bond donors (Lipinski definition) is 1. The van der Waals surface area contributed by atoms with Crippen molar-refractivity contribution in [1.82, 2.24) is 0 Å². The predicted octanol–water partition coefficient (Wildman–Crippen LogP) is 3.25. The molecule has 0 aromatic heterocycles. The van der Waals surface area contributed by atoms with Gasteiger partial charge in [-0.15, -0.1) is 13.2 Å². The van der Waals surface area contributed by atoms with Gasteiger partial charge in [-0.05, 0) is 37.1 Å². The molecule has 0 amide bonds. The number of nitrogens with two attached hydrogens (primary N) is 1. The molecule has 0 saturated carbocycles. The summed E-state index contributed by atoms with van der Waals surface area (Å²) in [6, 6.07) is 5.18. The minimum Gasteiger partial charge on any atom is -0.491 e. The van der Waals surface area contributed by atoms with Crippen molar-refractivity contribution in [1.29, 1.82) is 0 Å². The largest absolute Gasteiger partial charge is 0.522 e. The maximum Gasteiger partial charge on any atom is 0.522 e. The van der Waals surface area contributed by atoms with E-state index in [0.717, 1.165) is 10.0 Å². The van der Waals surface area contributed by atoms with E-state index in [-0.39, 0.29) is 12.6 Å². The molecule has 1 aromatic carbocycles. The number of benzene rings is 1. The molecule has 0 heterocycles. The van der Waals surface area contributed by atoms with Gasteiger partial charge in [-0.3, -0.25) is 4.74 Å². The molecule has 0 bridgehead atoms. The molecule has 0 saturated heterocycles. The van der Waals surface area contributed by atoms with E-state index in [0.29, 0.717) is 12.2 Å². The Labute approximate surface area is 118 Å². The SMILES string of the molecule is CC(N)Cc1cc(OCCOC(F)(F)F)ccc1Br. The fourth-order valence-corrected chi connectivity index (χ4v) is 1.87. The normalized spacial score (nSPS) is 13.4. The van der Waals surface area contributed by atoms with Crippen molar-refractivity contribution in [2.24, 2.45) is 5.73 Å². The van der Waals surface area contributed by atoms with Gasteiger partial charge in [0.25, 0.3) is 0 Å². The third kappa shape index (κ3) is 6.79. The molecule has 2 N–H and O–H groups in total. The van der Waals surface area contributed by atoms with Crippen molar-refractivity contribution >= 4 is 15.9 Å². The Morgan fingerprint density at radius 1 is 1.32 bits per heavy atom. The Kier molecular flexibility index (Phi) is 6.09. The van der Waals surface area contributed by atoms with Crippen LogP contribution in [0.2, 0.25) is 0 Å². The van der Waals surface area contributed by atoms with Crippen molar-refractivity contribution in [3.63, 3.8) is 0 Å². The van der Waals surface area contributed by atoms with Gasteiger partial charge < -0.3 is 10.5 Å². The van der Waals surface area contributed by atoms with Gasteiger partial charge in [0.05, 0.1) is 6.61 Å². The van der Waals surface area contributed by atoms with Crippen LogP contribution in [-0.2, 0) is 11.2 Å². The molecule has 0 fully saturated rings. The van der Waals surface area contributed by atoms with Gasteiger partial charge >= 0.3 is 6.36 Å². The summed E-state index contributed by atoms with van der Waals surface area (Å²) in [6.45, 7) is 1.16. The van der Waals surface area contributed by atoms with E-state index < -0.39 is 13.0 Å². The number of halogens is 4. The quantitative estimate of drug-likeness (QED) is 0.807. The highest BCUT2D eigenvalue weighted by Gasteiger charge is 2.28. The molecule has 0 aliphatic rings. The molecule has 3 nitrogen and oxygen atoms in total. The van der Waals surface area contributed by atoms with Gasteiger partial charge in [-0.1, -0.05) is 15.9 Å². The van der Waals surface area contributed by atoms with Gasteiger partial charge in [0.15, 0.2) is 0 Å². The van der Waals surface area contributed by atoms with Gasteiger partial charge in [-0.25, -0.2) is 0 Å². The Morgan fingerprint density at radius 3 is 2.58 bits per heavy atom. The minimum absolute atomic E-state index is 0.0138. The molecule has 1 unspecified atom stereocenters. The lowest BCUT2D eigenvalue weighted by atomic mass is 10.1. The highest BCUT2D eigenvalue weighted by Crippen LogP contribution is 2.24. The first-order valence-electron chi connectivity index (χ1n) is 5.65. The number of rotatable bonds is 6. The van der Waals surface area contributed by atoms with Crippen LogP contribution in [-0.4, -0.2) is 25.6 Å². The molecule has 1 aromatic rings. The van der Waals surface area contributed by atoms with Crippen LogP contribution in [0.25, 0.3) is 0 Å². The summed E-state index contributed by atoms with van der Waals surface area (Å²) >= 11 is 3.38. The van der Waals surface area contributed by atoms with E-state index in [1.807, 2.05) is 6.92 Å². The molecular weight excluding hydrogens is 327 g/mol. The summed E-state index contributed by atoms with van der Waals surface area (Å²) < 4.78 is 44.9. The summed E-state index contributed by atoms with van der Waals surface area (Å²) in [4.78, 5) is 0. The molecular formula is C12H15BrF3NO2. The smallest absolute Gasteiger partial charge is 0.491 e. The van der Waals surface area contributed by atoms with Crippen LogP contribution in [0.15, 0.2) is 22.7 Å². The number of ether oxygens (including phenoxy) is 2. The van der Waals surface area contributed by atoms with E-state index >= 15 is 0 Å². The van der Waals surface area contributed by atoms with Crippen LogP contribution in [0.1, 0.15) is 12.5 Å². The highest BCUT2D eigenvalue weighted by molar-refractivity contribution is 9.10. The summed E-state index contributed by atoms with van der Waals surface area (Å²) in [7, 11) is 0. The highest BCUT2D eigenvalue weighted by atomic mass is 79.9. The lowest BCUT2D eigenvalue weighted by Gasteiger charge is -2.12. The van der Waals surface area contributed by atoms with E-state index in [9.17, 15) is 13.2 Å². The van der Waals surface area contributed by atoms with Crippen LogP contribution in [0.5, 0.6) is 5.75 Å². The summed E-state index contributed by atoms with van der Waals surface area (Å²) in [5, 5.41) is 0. The molecule has 1 atom stereocenters. The average molecular weight is 342 g/mol. The lowest BCUT2D eigenvalue weighted by molar-refractivity contribution is -0.325. The number of alkyl halides is 3. The Balaban J connectivity index is 2.50. The van der Waals surface area contributed by atoms with Crippen LogP contribution >= 0.6 is 15.9 Å². The second-order valence-electron chi connectivity index (χ2n) is 4.08. The van der Waals surface area contributed by atoms with Crippen LogP contribution in [0, 0.1) is 0 Å². The molecule has 0 spiro atoms. The first kappa shape index (κ1) is 16.3. The van der Waals surface area contributed by atoms with E-state index in [2.05, 4.69) is 20.7 Å². The zero-order valence-corrected chi connectivity index (χ0v) is 11.9. The fraction of sp³-hybridized carbons (Fsp3) is 0.500. The van der Waals surface area contributed by atoms with Gasteiger partial charge in [0, 0.05) is 10.5 Å². The third-order valence-corrected chi connectivity index (χ3v) is 2.95. The van der Waals surface area contributed by atoms with Crippen LogP contribution < -0.4 is 10.5 Å². The Bertz CT molecular complexity index is 410. The second-order valence-corrected chi connectivity index (χ2v) is 4.93. The van der Waals surface area contributed by atoms with Gasteiger partial charge in [0.1, 0.15) is 12.4 Å². The Hall–Kier alpha value is -0.790. The van der Waals surface area contributed by atoms with E-state index in [4.69, 9.17) is 10.5 Å². The zero-order valence-electron chi connectivity index (χ0n) is 10.3. The second kappa shape index (κ2) is 7.12. The molecule has 1 rings (SSSR count). The van der Waals surface area contributed by atoms with E-state index in [1.165, 1.54) is 0 Å². The summed E-state index contributed by atoms with van der Waals surface area (Å²) in [6.07, 6.45) is -3.97. The summed E-state index contributed by atoms with van der Waals surface area (Å²) in [5.74, 6) is 0.490. The molecule has 0 aliphatic heterocycles. The molecule has 0 radical (unpaired) electrons. The van der Waals surface area contributed by atoms with E-state index in [1.54, 1.807) is 18.2 Å². The maximum absolute atomic E-state index is 11.7. The topological polar surface area (TPSA) is 44.5 Å².